The highest BCUT2D eigenvalue weighted by atomic mass is 32.1. The van der Waals surface area contributed by atoms with Crippen LogP contribution in [-0.4, -0.2) is 122 Å². The third kappa shape index (κ3) is 41.0. The van der Waals surface area contributed by atoms with Crippen LogP contribution in [0.4, 0.5) is 0 Å². The van der Waals surface area contributed by atoms with Crippen molar-refractivity contribution >= 4 is 228 Å². The van der Waals surface area contributed by atoms with Crippen LogP contribution in [0.2, 0.25) is 27.3 Å². The molecular weight excluding hydrogens is 1950 g/mol. The van der Waals surface area contributed by atoms with Gasteiger partial charge in [-0.3, -0.25) is 0 Å². The fraction of sp³-hybridized carbons (Fsp3) is 0.426. The second kappa shape index (κ2) is 61.1. The van der Waals surface area contributed by atoms with Crippen molar-refractivity contribution in [2.45, 2.75) is 321 Å². The van der Waals surface area contributed by atoms with Crippen LogP contribution in [0, 0.1) is 27.7 Å². The summed E-state index contributed by atoms with van der Waals surface area (Å²) in [7, 11) is -0.844. The Bertz CT molecular complexity index is 5820. The van der Waals surface area contributed by atoms with Gasteiger partial charge >= 0.3 is 56.1 Å². The van der Waals surface area contributed by atoms with Gasteiger partial charge in [-0.1, -0.05) is 293 Å². The van der Waals surface area contributed by atoms with Crippen LogP contribution in [0.15, 0.2) is 269 Å². The third-order valence-corrected chi connectivity index (χ3v) is 35.2. The van der Waals surface area contributed by atoms with Gasteiger partial charge in [0.25, 0.3) is 0 Å². The molecule has 0 spiro atoms. The molecule has 4 aliphatic rings. The first-order chi connectivity index (χ1) is 68.4. The maximum atomic E-state index is 9.36. The molecule has 29 heteroatoms. The molecule has 0 aliphatic carbocycles. The van der Waals surface area contributed by atoms with E-state index >= 15 is 0 Å². The first-order valence-electron chi connectivity index (χ1n) is 51.3. The zero-order valence-electron chi connectivity index (χ0n) is 90.5. The first-order valence-corrected chi connectivity index (χ1v) is 59.0. The lowest BCUT2D eigenvalue weighted by atomic mass is 9.64. The van der Waals surface area contributed by atoms with E-state index in [1.807, 2.05) is 169 Å². The lowest BCUT2D eigenvalue weighted by molar-refractivity contribution is 0.00578. The van der Waals surface area contributed by atoms with Gasteiger partial charge in [-0.25, -0.2) is 0 Å². The number of hydrogen-bond donors (Lipinski definition) is 4. The summed E-state index contributed by atoms with van der Waals surface area (Å²) in [5.74, 6) is 0. The van der Waals surface area contributed by atoms with Gasteiger partial charge in [-0.2, -0.15) is 45.3 Å². The number of unbranched alkanes of at least 4 members (excludes halogenated alkanes) is 9. The van der Waals surface area contributed by atoms with E-state index in [-0.39, 0.29) is 101 Å². The fourth-order valence-corrected chi connectivity index (χ4v) is 22.1. The van der Waals surface area contributed by atoms with Crippen LogP contribution in [0.3, 0.4) is 0 Å². The molecule has 0 amide bonds. The van der Waals surface area contributed by atoms with Crippen LogP contribution >= 0.6 is 102 Å². The standard InChI is InChI=1S/C16H27BO2S.C14H17BO2S.C11H15BO2.C11H19BOS.C11H18S.C10H15BO2S.C9H9BOS.C9H8S.C7H9BO.C7H8.C5H7BOS.C5H6S/c1-6-7-8-9-10-13-11-14(20-12-13)17-18-15(2,3)16(4,5)19-17;1-13(2)14(3,4)17-15(16-13)12-9-10-7-5-6-8-11(10)18-12;1-9-11(2,3)14-12(13-9)10-7-5-4-6-8-10;1-3-4-5-6-7-10-8-11(12(2)13)14-9-10;1-3-4-5-6-7-11-8-10(2)12-9-11;1-9(2)10(3,4)13-11(12-9)8-6-5-7-14-8;1-10(11)9-6-7-4-2-3-5-8(7)12-9;1-7-6-8-4-2-3-5-9(8)10-7;1-8(9)7-5-3-2-4-6-7;1-7-5-3-2-4-6-7;1-6(7)5-3-2-4-8-5;1-5-3-2-4-6-5/h11-12H,6-10H2,1-5H3;5-9H,1-4H3;4-9H,1-3H3;8-9,13H,3-7H2,1-2H3;8-9H,3-7H2,1-2H3;5-7H,1-4H3;2-6,11H,1H3;2-6H,1H3;2-6,9H,1H3;2-6H,1H3;2-4,7H,1H3;2-4H,1H3. The highest BCUT2D eigenvalue weighted by molar-refractivity contribution is 7.29. The monoisotopic (exact) mass is 2110 g/mol. The van der Waals surface area contributed by atoms with Crippen LogP contribution in [0.5, 0.6) is 0 Å². The van der Waals surface area contributed by atoms with Gasteiger partial charge in [0.15, 0.2) is 0 Å². The van der Waals surface area contributed by atoms with Gasteiger partial charge < -0.3 is 57.3 Å². The van der Waals surface area contributed by atoms with Gasteiger partial charge in [0, 0.05) is 57.4 Å². The molecule has 1 unspecified atom stereocenters. The molecule has 4 aliphatic heterocycles. The Kier molecular flexibility index (Phi) is 52.0. The molecule has 12 nitrogen and oxygen atoms in total. The molecule has 9 aromatic heterocycles. The van der Waals surface area contributed by atoms with Crippen molar-refractivity contribution in [1.82, 2.24) is 0 Å². The van der Waals surface area contributed by atoms with Crippen LogP contribution in [0.25, 0.3) is 30.3 Å². The smallest absolute Gasteiger partial charge is 0.447 e. The van der Waals surface area contributed by atoms with Crippen molar-refractivity contribution in [2.75, 3.05) is 0 Å². The molecule has 768 valence electrons. The zero-order chi connectivity index (χ0) is 105. The Hall–Kier alpha value is -6.56. The van der Waals surface area contributed by atoms with Gasteiger partial charge in [0.1, 0.15) is 0 Å². The lowest BCUT2D eigenvalue weighted by Crippen LogP contribution is -2.41. The van der Waals surface area contributed by atoms with E-state index in [1.54, 1.807) is 99.8 Å². The van der Waals surface area contributed by atoms with Crippen LogP contribution in [-0.2, 0) is 56.5 Å². The molecule has 0 bridgehead atoms. The maximum absolute atomic E-state index is 9.36. The highest BCUT2D eigenvalue weighted by Gasteiger charge is 2.55. The SMILES string of the molecule is CB(O)c1cc2ccccc2s1.CB(O)c1ccccc1.CB(O)c1cccs1.CC1(C)OB(c2cc3ccccc3s2)OC1(C)C.CC1(C)OB(c2cccs2)OC1(C)C.CC1OB(c2ccccc2)OC1(C)C.CCCCCCc1csc(B(C)O)c1.CCCCCCc1csc(B2OC(C)(C)C(C)(C)O2)c1.CCCCCCc1csc(C)c1.Cc1cc2ccccc2s1.Cc1ccccc1.Cc1cccs1. The number of hydrogen-bond acceptors (Lipinski definition) is 21. The number of thiophene rings is 9. The van der Waals surface area contributed by atoms with Crippen molar-refractivity contribution in [3.63, 3.8) is 0 Å². The molecule has 144 heavy (non-hydrogen) atoms. The lowest BCUT2D eigenvalue weighted by Gasteiger charge is -2.32. The van der Waals surface area contributed by atoms with Gasteiger partial charge in [0.2, 0.25) is 0 Å². The Morgan fingerprint density at radius 3 is 1.07 bits per heavy atom. The van der Waals surface area contributed by atoms with Gasteiger partial charge in [-0.05, 0) is 301 Å². The normalized spacial score (nSPS) is 15.8. The van der Waals surface area contributed by atoms with E-state index in [2.05, 4.69) is 282 Å². The topological polar surface area (TPSA) is 155 Å². The molecule has 4 saturated heterocycles. The van der Waals surface area contributed by atoms with E-state index in [0.29, 0.717) is 0 Å². The summed E-state index contributed by atoms with van der Waals surface area (Å²) in [4.78, 5) is 4.22. The zero-order valence-corrected chi connectivity index (χ0v) is 97.9. The van der Waals surface area contributed by atoms with E-state index in [4.69, 9.17) is 47.3 Å². The van der Waals surface area contributed by atoms with Crippen molar-refractivity contribution in [3.8, 4) is 0 Å². The van der Waals surface area contributed by atoms with Gasteiger partial charge in [0.05, 0.1) is 45.3 Å². The second-order valence-corrected chi connectivity index (χ2v) is 50.1. The minimum atomic E-state index is -0.345. The van der Waals surface area contributed by atoms with E-state index in [1.165, 1.54) is 168 Å². The van der Waals surface area contributed by atoms with Crippen LogP contribution < -0.4 is 39.6 Å². The maximum Gasteiger partial charge on any atom is 0.505 e. The number of benzene rings is 6. The summed E-state index contributed by atoms with van der Waals surface area (Å²) in [5.41, 5.74) is 6.04. The average molecular weight is 2110 g/mol. The number of fused-ring (bicyclic) bond motifs is 3. The molecule has 6 aromatic carbocycles. The highest BCUT2D eigenvalue weighted by Crippen LogP contribution is 2.41. The average Bonchev–Trinajstić information content (AvgIpc) is 1.62. The minimum absolute atomic E-state index is 0.132. The quantitative estimate of drug-likeness (QED) is 0.0356. The predicted molar refractivity (Wildman–Crippen MR) is 645 cm³/mol. The van der Waals surface area contributed by atoms with E-state index in [0.717, 1.165) is 34.8 Å². The summed E-state index contributed by atoms with van der Waals surface area (Å²) < 4.78 is 58.3. The largest absolute Gasteiger partial charge is 0.505 e. The van der Waals surface area contributed by atoms with Crippen molar-refractivity contribution < 1.29 is 57.3 Å². The second-order valence-electron chi connectivity index (χ2n) is 40.5. The molecule has 4 fully saturated rings. The van der Waals surface area contributed by atoms with Crippen LogP contribution in [0.1, 0.15) is 239 Å². The predicted octanol–water partition coefficient (Wildman–Crippen LogP) is 27.9. The summed E-state index contributed by atoms with van der Waals surface area (Å²) in [6, 6.07) is 80.2. The molecule has 0 radical (unpaired) electrons. The minimum Gasteiger partial charge on any atom is -0.447 e. The van der Waals surface area contributed by atoms with Gasteiger partial charge in [-0.15, -0.1) is 56.7 Å². The third-order valence-electron chi connectivity index (χ3n) is 26.0. The summed E-state index contributed by atoms with van der Waals surface area (Å²) in [5, 5.41) is 53.3. The Labute approximate surface area is 904 Å². The number of aryl methyl sites for hydroxylation is 7. The first kappa shape index (κ1) is 123. The molecule has 0 saturated carbocycles. The van der Waals surface area contributed by atoms with E-state index in [9.17, 15) is 10.0 Å². The molecular formula is C115H158B8O12S9. The van der Waals surface area contributed by atoms with Crippen molar-refractivity contribution in [3.05, 3.63) is 306 Å². The Morgan fingerprint density at radius 1 is 0.299 bits per heavy atom. The Balaban J connectivity index is 0.000000194. The molecule has 19 rings (SSSR count). The summed E-state index contributed by atoms with van der Waals surface area (Å²) >= 11 is 15.6. The van der Waals surface area contributed by atoms with Crippen molar-refractivity contribution in [2.24, 2.45) is 0 Å². The summed E-state index contributed by atoms with van der Waals surface area (Å²) in [6.07, 6.45) is 19.7. The molecule has 1 atom stereocenters. The van der Waals surface area contributed by atoms with Crippen molar-refractivity contribution in [1.29, 1.82) is 0 Å². The van der Waals surface area contributed by atoms with E-state index < -0.39 is 0 Å². The summed E-state index contributed by atoms with van der Waals surface area (Å²) in [6.45, 7) is 52.3. The molecule has 13 heterocycles. The number of rotatable bonds is 23. The molecule has 15 aromatic rings. The Morgan fingerprint density at radius 2 is 0.701 bits per heavy atom. The molecule has 4 N–H and O–H groups in total. The fourth-order valence-electron chi connectivity index (χ4n) is 14.7.